The number of nitrogens with zero attached hydrogens (tertiary/aromatic N) is 2. The molecule has 0 saturated carbocycles. The number of imidazole rings is 1. The standard InChI is InChI=1S/C16H25N3/c1-12(2)13(10-11-17)8-9-16-18-14-6-4-5-7-15(14)19(16)3/h4-7,12-13H,8-11,17H2,1-3H3. The molecule has 1 heterocycles. The Balaban J connectivity index is 2.10. The number of nitrogens with two attached hydrogens (primary N) is 1. The van der Waals surface area contributed by atoms with E-state index in [1.807, 2.05) is 6.07 Å². The molecule has 0 radical (unpaired) electrons. The van der Waals surface area contributed by atoms with Gasteiger partial charge in [0.05, 0.1) is 11.0 Å². The van der Waals surface area contributed by atoms with Crippen LogP contribution in [0.25, 0.3) is 11.0 Å². The largest absolute Gasteiger partial charge is 0.331 e. The van der Waals surface area contributed by atoms with Gasteiger partial charge in [-0.15, -0.1) is 0 Å². The lowest BCUT2D eigenvalue weighted by Gasteiger charge is -2.19. The second-order valence-corrected chi connectivity index (χ2v) is 5.70. The van der Waals surface area contributed by atoms with E-state index in [0.29, 0.717) is 11.8 Å². The summed E-state index contributed by atoms with van der Waals surface area (Å²) in [6, 6.07) is 8.33. The molecule has 2 N–H and O–H groups in total. The molecule has 1 aromatic heterocycles. The third-order valence-corrected chi connectivity index (χ3v) is 4.10. The molecule has 0 aliphatic rings. The first-order valence-corrected chi connectivity index (χ1v) is 7.24. The van der Waals surface area contributed by atoms with Gasteiger partial charge in [0.2, 0.25) is 0 Å². The zero-order valence-electron chi connectivity index (χ0n) is 12.3. The Bertz CT molecular complexity index is 528. The third-order valence-electron chi connectivity index (χ3n) is 4.10. The average Bonchev–Trinajstić information content (AvgIpc) is 2.72. The van der Waals surface area contributed by atoms with E-state index in [1.54, 1.807) is 0 Å². The van der Waals surface area contributed by atoms with E-state index in [2.05, 4.69) is 43.7 Å². The number of para-hydroxylation sites is 2. The highest BCUT2D eigenvalue weighted by molar-refractivity contribution is 5.75. The predicted octanol–water partition coefficient (Wildman–Crippen LogP) is 3.13. The van der Waals surface area contributed by atoms with E-state index in [1.165, 1.54) is 17.8 Å². The topological polar surface area (TPSA) is 43.8 Å². The van der Waals surface area contributed by atoms with Crippen LogP contribution in [0.1, 0.15) is 32.5 Å². The summed E-state index contributed by atoms with van der Waals surface area (Å²) in [5.41, 5.74) is 8.02. The van der Waals surface area contributed by atoms with Crippen LogP contribution in [0.2, 0.25) is 0 Å². The molecule has 0 aliphatic heterocycles. The molecule has 0 amide bonds. The molecule has 3 nitrogen and oxygen atoms in total. The quantitative estimate of drug-likeness (QED) is 0.866. The molecule has 0 saturated heterocycles. The first-order chi connectivity index (χ1) is 9.13. The van der Waals surface area contributed by atoms with Crippen LogP contribution in [0.3, 0.4) is 0 Å². The van der Waals surface area contributed by atoms with E-state index < -0.39 is 0 Å². The number of rotatable bonds is 6. The molecule has 2 rings (SSSR count). The monoisotopic (exact) mass is 259 g/mol. The summed E-state index contributed by atoms with van der Waals surface area (Å²) in [7, 11) is 2.11. The summed E-state index contributed by atoms with van der Waals surface area (Å²) in [5, 5.41) is 0. The normalized spacial score (nSPS) is 13.3. The lowest BCUT2D eigenvalue weighted by Crippen LogP contribution is -2.16. The van der Waals surface area contributed by atoms with E-state index >= 15 is 0 Å². The van der Waals surface area contributed by atoms with Crippen molar-refractivity contribution in [2.75, 3.05) is 6.54 Å². The van der Waals surface area contributed by atoms with Crippen LogP contribution in [-0.2, 0) is 13.5 Å². The molecule has 2 aromatic rings. The first kappa shape index (κ1) is 14.1. The van der Waals surface area contributed by atoms with Crippen molar-refractivity contribution < 1.29 is 0 Å². The highest BCUT2D eigenvalue weighted by atomic mass is 15.1. The maximum absolute atomic E-state index is 5.71. The Hall–Kier alpha value is -1.35. The molecule has 0 fully saturated rings. The molecule has 1 atom stereocenters. The zero-order chi connectivity index (χ0) is 13.8. The second kappa shape index (κ2) is 6.20. The van der Waals surface area contributed by atoms with E-state index in [9.17, 15) is 0 Å². The van der Waals surface area contributed by atoms with E-state index in [4.69, 9.17) is 10.7 Å². The summed E-state index contributed by atoms with van der Waals surface area (Å²) in [6.07, 6.45) is 3.32. The maximum atomic E-state index is 5.71. The van der Waals surface area contributed by atoms with Gasteiger partial charge in [0, 0.05) is 13.5 Å². The predicted molar refractivity (Wildman–Crippen MR) is 81.0 cm³/mol. The zero-order valence-corrected chi connectivity index (χ0v) is 12.3. The van der Waals surface area contributed by atoms with Gasteiger partial charge in [0.15, 0.2) is 0 Å². The van der Waals surface area contributed by atoms with Crippen molar-refractivity contribution in [2.24, 2.45) is 24.6 Å². The van der Waals surface area contributed by atoms with Crippen LogP contribution >= 0.6 is 0 Å². The number of hydrogen-bond donors (Lipinski definition) is 1. The molecule has 19 heavy (non-hydrogen) atoms. The van der Waals surface area contributed by atoms with Crippen LogP contribution in [0.4, 0.5) is 0 Å². The Morgan fingerprint density at radius 3 is 2.58 bits per heavy atom. The fourth-order valence-corrected chi connectivity index (χ4v) is 2.76. The summed E-state index contributed by atoms with van der Waals surface area (Å²) in [4.78, 5) is 4.74. The molecule has 104 valence electrons. The Kier molecular flexibility index (Phi) is 4.59. The van der Waals surface area contributed by atoms with Gasteiger partial charge in [-0.05, 0) is 43.4 Å². The van der Waals surface area contributed by atoms with Gasteiger partial charge in [-0.2, -0.15) is 0 Å². The van der Waals surface area contributed by atoms with Crippen molar-refractivity contribution in [3.63, 3.8) is 0 Å². The lowest BCUT2D eigenvalue weighted by molar-refractivity contribution is 0.338. The number of aryl methyl sites for hydroxylation is 2. The van der Waals surface area contributed by atoms with Gasteiger partial charge in [-0.25, -0.2) is 4.98 Å². The minimum Gasteiger partial charge on any atom is -0.331 e. The molecule has 3 heteroatoms. The van der Waals surface area contributed by atoms with Crippen LogP contribution in [0.15, 0.2) is 24.3 Å². The van der Waals surface area contributed by atoms with Crippen molar-refractivity contribution >= 4 is 11.0 Å². The molecule has 0 aliphatic carbocycles. The van der Waals surface area contributed by atoms with Crippen LogP contribution in [0.5, 0.6) is 0 Å². The van der Waals surface area contributed by atoms with Crippen molar-refractivity contribution in [3.8, 4) is 0 Å². The van der Waals surface area contributed by atoms with Gasteiger partial charge >= 0.3 is 0 Å². The Morgan fingerprint density at radius 1 is 1.21 bits per heavy atom. The third kappa shape index (κ3) is 3.16. The number of aromatic nitrogens is 2. The Labute approximate surface area is 115 Å². The lowest BCUT2D eigenvalue weighted by atomic mass is 9.88. The summed E-state index contributed by atoms with van der Waals surface area (Å²) in [5.74, 6) is 2.58. The number of hydrogen-bond acceptors (Lipinski definition) is 2. The fourth-order valence-electron chi connectivity index (χ4n) is 2.76. The van der Waals surface area contributed by atoms with Gasteiger partial charge < -0.3 is 10.3 Å². The summed E-state index contributed by atoms with van der Waals surface area (Å²) >= 11 is 0. The minimum atomic E-state index is 0.693. The molecule has 0 bridgehead atoms. The SMILES string of the molecule is CC(C)C(CCN)CCc1nc2ccccc2n1C. The van der Waals surface area contributed by atoms with Gasteiger partial charge in [0.25, 0.3) is 0 Å². The highest BCUT2D eigenvalue weighted by Gasteiger charge is 2.14. The van der Waals surface area contributed by atoms with Crippen molar-refractivity contribution in [1.29, 1.82) is 0 Å². The molecule has 1 aromatic carbocycles. The van der Waals surface area contributed by atoms with Crippen LogP contribution < -0.4 is 5.73 Å². The molecular weight excluding hydrogens is 234 g/mol. The molecular formula is C16H25N3. The van der Waals surface area contributed by atoms with Crippen LogP contribution in [-0.4, -0.2) is 16.1 Å². The van der Waals surface area contributed by atoms with Gasteiger partial charge in [-0.1, -0.05) is 26.0 Å². The first-order valence-electron chi connectivity index (χ1n) is 7.24. The second-order valence-electron chi connectivity index (χ2n) is 5.70. The van der Waals surface area contributed by atoms with Crippen molar-refractivity contribution in [3.05, 3.63) is 30.1 Å². The highest BCUT2D eigenvalue weighted by Crippen LogP contribution is 2.22. The van der Waals surface area contributed by atoms with Crippen LogP contribution in [0, 0.1) is 11.8 Å². The van der Waals surface area contributed by atoms with E-state index in [0.717, 1.165) is 24.9 Å². The average molecular weight is 259 g/mol. The van der Waals surface area contributed by atoms with Crippen molar-refractivity contribution in [1.82, 2.24) is 9.55 Å². The van der Waals surface area contributed by atoms with Gasteiger partial charge in [0.1, 0.15) is 5.82 Å². The molecule has 1 unspecified atom stereocenters. The Morgan fingerprint density at radius 2 is 1.95 bits per heavy atom. The number of fused-ring (bicyclic) bond motifs is 1. The van der Waals surface area contributed by atoms with Gasteiger partial charge in [-0.3, -0.25) is 0 Å². The van der Waals surface area contributed by atoms with E-state index in [-0.39, 0.29) is 0 Å². The fraction of sp³-hybridized carbons (Fsp3) is 0.562. The smallest absolute Gasteiger partial charge is 0.109 e. The van der Waals surface area contributed by atoms with Crippen molar-refractivity contribution in [2.45, 2.75) is 33.1 Å². The summed E-state index contributed by atoms with van der Waals surface area (Å²) in [6.45, 7) is 5.36. The minimum absolute atomic E-state index is 0.693. The summed E-state index contributed by atoms with van der Waals surface area (Å²) < 4.78 is 2.22. The maximum Gasteiger partial charge on any atom is 0.109 e. The number of benzene rings is 1. The molecule has 0 spiro atoms.